The second-order valence-electron chi connectivity index (χ2n) is 8.84. The normalized spacial score (nSPS) is 15.0. The van der Waals surface area contributed by atoms with Gasteiger partial charge in [0, 0.05) is 15.5 Å². The number of hydrogen-bond donors (Lipinski definition) is 0. The molecule has 4 aromatic rings. The molecule has 0 aliphatic carbocycles. The molecule has 0 saturated heterocycles. The number of nitrogens with zero attached hydrogens (tertiary/aromatic N) is 2. The second kappa shape index (κ2) is 12.2. The molecular formula is C30H27ClN2O5S2. The number of carbonyl (C=O) groups excluding carboxylic acids is 1. The number of ether oxygens (including phenoxy) is 3. The predicted molar refractivity (Wildman–Crippen MR) is 158 cm³/mol. The summed E-state index contributed by atoms with van der Waals surface area (Å²) < 4.78 is 19.3. The molecule has 2 aromatic heterocycles. The van der Waals surface area contributed by atoms with Crippen molar-refractivity contribution in [1.29, 1.82) is 0 Å². The molecule has 5 rings (SSSR count). The van der Waals surface area contributed by atoms with Crippen LogP contribution in [-0.4, -0.2) is 23.8 Å². The highest BCUT2D eigenvalue weighted by molar-refractivity contribution is 7.10. The van der Waals surface area contributed by atoms with Crippen molar-refractivity contribution in [1.82, 2.24) is 4.57 Å². The number of benzene rings is 2. The van der Waals surface area contributed by atoms with Crippen LogP contribution >= 0.6 is 34.3 Å². The van der Waals surface area contributed by atoms with Crippen LogP contribution in [0.1, 0.15) is 42.8 Å². The number of thiophene rings is 1. The molecule has 1 aliphatic heterocycles. The van der Waals surface area contributed by atoms with Crippen LogP contribution < -0.4 is 24.4 Å². The first-order valence-electron chi connectivity index (χ1n) is 12.8. The van der Waals surface area contributed by atoms with Crippen molar-refractivity contribution in [3.05, 3.63) is 112 Å². The standard InChI is InChI=1S/C30H27ClN2O5S2/c1-4-36-23-15-19(12-13-22(23)38-17-20-9-6-7-10-21(20)31)16-25-28(34)33-27(24-11-8-14-39-24)26(29(35)37-5-2)18(3)32-30(33)40-25/h6-16,27H,4-5,17H2,1-3H3/b25-16+/t27-/m1/s1. The molecule has 7 nitrogen and oxygen atoms in total. The molecule has 40 heavy (non-hydrogen) atoms. The topological polar surface area (TPSA) is 79.1 Å². The van der Waals surface area contributed by atoms with Gasteiger partial charge in [0.2, 0.25) is 0 Å². The monoisotopic (exact) mass is 594 g/mol. The Hall–Kier alpha value is -3.66. The van der Waals surface area contributed by atoms with Gasteiger partial charge >= 0.3 is 5.97 Å². The van der Waals surface area contributed by atoms with Crippen molar-refractivity contribution in [3.8, 4) is 11.5 Å². The first kappa shape index (κ1) is 27.9. The summed E-state index contributed by atoms with van der Waals surface area (Å²) >= 11 is 9.04. The van der Waals surface area contributed by atoms with Crippen LogP contribution in [0.15, 0.2) is 81.0 Å². The lowest BCUT2D eigenvalue weighted by atomic mass is 10.0. The van der Waals surface area contributed by atoms with Crippen LogP contribution in [0.5, 0.6) is 11.5 Å². The molecule has 206 valence electrons. The summed E-state index contributed by atoms with van der Waals surface area (Å²) in [6, 6.07) is 16.3. The number of aromatic nitrogens is 1. The van der Waals surface area contributed by atoms with Gasteiger partial charge in [0.15, 0.2) is 16.3 Å². The van der Waals surface area contributed by atoms with Gasteiger partial charge in [0.25, 0.3) is 5.56 Å². The maximum atomic E-state index is 13.8. The first-order chi connectivity index (χ1) is 19.4. The molecule has 0 spiro atoms. The Kier molecular flexibility index (Phi) is 8.54. The first-order valence-corrected chi connectivity index (χ1v) is 14.8. The molecular weight excluding hydrogens is 568 g/mol. The zero-order valence-electron chi connectivity index (χ0n) is 22.2. The minimum Gasteiger partial charge on any atom is -0.490 e. The van der Waals surface area contributed by atoms with Gasteiger partial charge in [-0.15, -0.1) is 11.3 Å². The predicted octanol–water partition coefficient (Wildman–Crippen LogP) is 5.49. The van der Waals surface area contributed by atoms with Crippen molar-refractivity contribution in [2.24, 2.45) is 4.99 Å². The van der Waals surface area contributed by atoms with E-state index in [1.807, 2.05) is 66.9 Å². The van der Waals surface area contributed by atoms with E-state index in [0.29, 0.717) is 50.3 Å². The van der Waals surface area contributed by atoms with Gasteiger partial charge in [-0.05, 0) is 62.1 Å². The molecule has 1 atom stereocenters. The number of allylic oxidation sites excluding steroid dienone is 1. The third-order valence-electron chi connectivity index (χ3n) is 6.24. The summed E-state index contributed by atoms with van der Waals surface area (Å²) in [5, 5.41) is 2.56. The second-order valence-corrected chi connectivity index (χ2v) is 11.2. The zero-order valence-corrected chi connectivity index (χ0v) is 24.6. The van der Waals surface area contributed by atoms with Crippen LogP contribution in [-0.2, 0) is 16.1 Å². The van der Waals surface area contributed by atoms with E-state index in [2.05, 4.69) is 4.99 Å². The average Bonchev–Trinajstić information content (AvgIpc) is 3.57. The van der Waals surface area contributed by atoms with Crippen molar-refractivity contribution in [3.63, 3.8) is 0 Å². The fourth-order valence-corrected chi connectivity index (χ4v) is 6.49. The zero-order chi connectivity index (χ0) is 28.2. The number of carbonyl (C=O) groups is 1. The van der Waals surface area contributed by atoms with Crippen molar-refractivity contribution in [2.45, 2.75) is 33.4 Å². The number of thiazole rings is 1. The van der Waals surface area contributed by atoms with Gasteiger partial charge in [-0.25, -0.2) is 9.79 Å². The maximum absolute atomic E-state index is 13.8. The number of halogens is 1. The highest BCUT2D eigenvalue weighted by atomic mass is 35.5. The highest BCUT2D eigenvalue weighted by Crippen LogP contribution is 2.33. The van der Waals surface area contributed by atoms with E-state index in [1.54, 1.807) is 24.5 Å². The largest absolute Gasteiger partial charge is 0.490 e. The Morgan fingerprint density at radius 3 is 2.62 bits per heavy atom. The Morgan fingerprint density at radius 1 is 1.07 bits per heavy atom. The van der Waals surface area contributed by atoms with Crippen LogP contribution in [0.25, 0.3) is 6.08 Å². The van der Waals surface area contributed by atoms with Gasteiger partial charge in [0.05, 0.1) is 29.0 Å². The molecule has 0 N–H and O–H groups in total. The van der Waals surface area contributed by atoms with E-state index in [1.165, 1.54) is 22.7 Å². The Labute approximate surface area is 244 Å². The average molecular weight is 595 g/mol. The summed E-state index contributed by atoms with van der Waals surface area (Å²) in [6.07, 6.45) is 1.80. The van der Waals surface area contributed by atoms with Gasteiger partial charge in [-0.2, -0.15) is 0 Å². The Bertz CT molecular complexity index is 1760. The van der Waals surface area contributed by atoms with E-state index in [9.17, 15) is 9.59 Å². The van der Waals surface area contributed by atoms with Crippen LogP contribution in [0.4, 0.5) is 0 Å². The van der Waals surface area contributed by atoms with E-state index in [0.717, 1.165) is 16.0 Å². The lowest BCUT2D eigenvalue weighted by molar-refractivity contribution is -0.139. The van der Waals surface area contributed by atoms with E-state index in [-0.39, 0.29) is 12.2 Å². The molecule has 0 unspecified atom stereocenters. The summed E-state index contributed by atoms with van der Waals surface area (Å²) in [4.78, 5) is 32.7. The summed E-state index contributed by atoms with van der Waals surface area (Å²) in [5.74, 6) is 0.672. The van der Waals surface area contributed by atoms with Gasteiger partial charge in [0.1, 0.15) is 12.6 Å². The third-order valence-corrected chi connectivity index (χ3v) is 8.51. The molecule has 0 amide bonds. The Morgan fingerprint density at radius 2 is 1.90 bits per heavy atom. The fourth-order valence-electron chi connectivity index (χ4n) is 4.43. The summed E-state index contributed by atoms with van der Waals surface area (Å²) in [5.41, 5.74) is 2.33. The number of hydrogen-bond acceptors (Lipinski definition) is 8. The van der Waals surface area contributed by atoms with Gasteiger partial charge in [-0.1, -0.05) is 53.3 Å². The lowest BCUT2D eigenvalue weighted by Crippen LogP contribution is -2.39. The third kappa shape index (κ3) is 5.63. The molecule has 10 heteroatoms. The van der Waals surface area contributed by atoms with Crippen molar-refractivity contribution in [2.75, 3.05) is 13.2 Å². The van der Waals surface area contributed by atoms with Crippen LogP contribution in [0.3, 0.4) is 0 Å². The maximum Gasteiger partial charge on any atom is 0.338 e. The van der Waals surface area contributed by atoms with Crippen LogP contribution in [0, 0.1) is 0 Å². The van der Waals surface area contributed by atoms with Crippen LogP contribution in [0.2, 0.25) is 5.02 Å². The number of rotatable bonds is 9. The number of fused-ring (bicyclic) bond motifs is 1. The molecule has 0 saturated carbocycles. The highest BCUT2D eigenvalue weighted by Gasteiger charge is 2.33. The lowest BCUT2D eigenvalue weighted by Gasteiger charge is -2.23. The van der Waals surface area contributed by atoms with Crippen molar-refractivity contribution >= 4 is 46.3 Å². The fraction of sp³-hybridized carbons (Fsp3) is 0.233. The minimum absolute atomic E-state index is 0.228. The van der Waals surface area contributed by atoms with Crippen molar-refractivity contribution < 1.29 is 19.0 Å². The summed E-state index contributed by atoms with van der Waals surface area (Å²) in [6.45, 7) is 6.41. The van der Waals surface area contributed by atoms with E-state index in [4.69, 9.17) is 25.8 Å². The molecule has 1 aliphatic rings. The number of esters is 1. The minimum atomic E-state index is -0.600. The van der Waals surface area contributed by atoms with Gasteiger partial charge in [-0.3, -0.25) is 9.36 Å². The quantitative estimate of drug-likeness (QED) is 0.239. The molecule has 0 fully saturated rings. The summed E-state index contributed by atoms with van der Waals surface area (Å²) in [7, 11) is 0. The SMILES string of the molecule is CCOC(=O)C1=C(C)N=c2s/c(=C/c3ccc(OCc4ccccc4Cl)c(OCC)c3)c(=O)n2[C@@H]1c1cccs1. The Balaban J connectivity index is 1.53. The smallest absolute Gasteiger partial charge is 0.338 e. The molecule has 0 bridgehead atoms. The molecule has 0 radical (unpaired) electrons. The van der Waals surface area contributed by atoms with Gasteiger partial charge < -0.3 is 14.2 Å². The van der Waals surface area contributed by atoms with E-state index < -0.39 is 12.0 Å². The molecule has 2 aromatic carbocycles. The van der Waals surface area contributed by atoms with E-state index >= 15 is 0 Å². The molecule has 3 heterocycles.